The zero-order valence-electron chi connectivity index (χ0n) is 17.1. The first kappa shape index (κ1) is 20.9. The van der Waals surface area contributed by atoms with Crippen LogP contribution in [0, 0.1) is 0 Å². The quantitative estimate of drug-likeness (QED) is 0.606. The van der Waals surface area contributed by atoms with Gasteiger partial charge >= 0.3 is 5.97 Å². The smallest absolute Gasteiger partial charge is 0.318 e. The molecule has 0 aliphatic heterocycles. The molecule has 0 radical (unpaired) electrons. The number of carbonyl (C=O) groups excluding carboxylic acids is 1. The Kier molecular flexibility index (Phi) is 6.18. The molecule has 0 aromatic carbocycles. The van der Waals surface area contributed by atoms with E-state index in [0.29, 0.717) is 25.1 Å². The normalized spacial score (nSPS) is 24.3. The average Bonchev–Trinajstić information content (AvgIpc) is 2.55. The van der Waals surface area contributed by atoms with E-state index in [4.69, 9.17) is 14.9 Å². The Morgan fingerprint density at radius 3 is 2.38 bits per heavy atom. The van der Waals surface area contributed by atoms with Crippen molar-refractivity contribution >= 4 is 20.0 Å². The monoisotopic (exact) mass is 378 g/mol. The van der Waals surface area contributed by atoms with Crippen LogP contribution in [0.4, 0.5) is 5.69 Å². The van der Waals surface area contributed by atoms with Crippen LogP contribution in [-0.4, -0.2) is 32.0 Å². The SMILES string of the molecule is CCOC(=O)[C@]1(c2ccc(N)cn2)CC[C@@H](O[Si](C)(C)C(C)(C)C)CC1. The van der Waals surface area contributed by atoms with E-state index in [2.05, 4.69) is 38.8 Å². The van der Waals surface area contributed by atoms with Gasteiger partial charge in [-0.2, -0.15) is 0 Å². The third-order valence-corrected chi connectivity index (χ3v) is 10.5. The Balaban J connectivity index is 2.19. The van der Waals surface area contributed by atoms with Crippen molar-refractivity contribution < 1.29 is 14.0 Å². The highest BCUT2D eigenvalue weighted by molar-refractivity contribution is 6.74. The fourth-order valence-electron chi connectivity index (χ4n) is 3.32. The molecule has 5 nitrogen and oxygen atoms in total. The summed E-state index contributed by atoms with van der Waals surface area (Å²) >= 11 is 0. The second-order valence-electron chi connectivity index (χ2n) is 8.86. The number of hydrogen-bond acceptors (Lipinski definition) is 5. The Bertz CT molecular complexity index is 615. The van der Waals surface area contributed by atoms with Gasteiger partial charge in [-0.1, -0.05) is 20.8 Å². The minimum atomic E-state index is -1.82. The van der Waals surface area contributed by atoms with Gasteiger partial charge < -0.3 is 14.9 Å². The average molecular weight is 379 g/mol. The number of ether oxygens (including phenoxy) is 1. The third kappa shape index (κ3) is 4.28. The van der Waals surface area contributed by atoms with Crippen LogP contribution in [0.15, 0.2) is 18.3 Å². The highest BCUT2D eigenvalue weighted by Gasteiger charge is 2.48. The number of anilines is 1. The van der Waals surface area contributed by atoms with Gasteiger partial charge in [-0.3, -0.25) is 9.78 Å². The molecule has 0 spiro atoms. The largest absolute Gasteiger partial charge is 0.465 e. The van der Waals surface area contributed by atoms with Crippen LogP contribution >= 0.6 is 0 Å². The lowest BCUT2D eigenvalue weighted by Gasteiger charge is -2.43. The van der Waals surface area contributed by atoms with Crippen molar-refractivity contribution in [2.24, 2.45) is 0 Å². The Labute approximate surface area is 158 Å². The summed E-state index contributed by atoms with van der Waals surface area (Å²) < 4.78 is 12.0. The molecule has 0 unspecified atom stereocenters. The molecule has 1 fully saturated rings. The molecule has 0 bridgehead atoms. The molecule has 0 atom stereocenters. The van der Waals surface area contributed by atoms with E-state index in [1.54, 1.807) is 6.20 Å². The van der Waals surface area contributed by atoms with E-state index in [0.717, 1.165) is 18.5 Å². The van der Waals surface area contributed by atoms with Gasteiger partial charge in [-0.25, -0.2) is 0 Å². The van der Waals surface area contributed by atoms with Crippen LogP contribution in [0.1, 0.15) is 59.1 Å². The van der Waals surface area contributed by atoms with Gasteiger partial charge in [0.05, 0.1) is 24.2 Å². The van der Waals surface area contributed by atoms with Crippen molar-refractivity contribution in [1.82, 2.24) is 4.98 Å². The maximum absolute atomic E-state index is 12.8. The summed E-state index contributed by atoms with van der Waals surface area (Å²) in [6.45, 7) is 13.5. The molecule has 0 saturated heterocycles. The van der Waals surface area contributed by atoms with Crippen molar-refractivity contribution in [2.75, 3.05) is 12.3 Å². The number of nitrogens with zero attached hydrogens (tertiary/aromatic N) is 1. The fraction of sp³-hybridized carbons (Fsp3) is 0.700. The molecule has 2 N–H and O–H groups in total. The number of nitrogen functional groups attached to an aromatic ring is 1. The summed E-state index contributed by atoms with van der Waals surface area (Å²) in [6.07, 6.45) is 4.90. The predicted octanol–water partition coefficient (Wildman–Crippen LogP) is 4.43. The zero-order chi connectivity index (χ0) is 19.6. The molecular formula is C20H34N2O3Si. The first-order valence-corrected chi connectivity index (χ1v) is 12.5. The van der Waals surface area contributed by atoms with Crippen LogP contribution in [0.25, 0.3) is 0 Å². The number of nitrogens with two attached hydrogens (primary N) is 1. The topological polar surface area (TPSA) is 74.4 Å². The van der Waals surface area contributed by atoms with Crippen molar-refractivity contribution in [3.8, 4) is 0 Å². The highest BCUT2D eigenvalue weighted by atomic mass is 28.4. The van der Waals surface area contributed by atoms with Gasteiger partial charge in [0.2, 0.25) is 0 Å². The van der Waals surface area contributed by atoms with E-state index < -0.39 is 13.7 Å². The van der Waals surface area contributed by atoms with Crippen LogP contribution < -0.4 is 5.73 Å². The lowest BCUT2D eigenvalue weighted by molar-refractivity contribution is -0.152. The van der Waals surface area contributed by atoms with Crippen molar-refractivity contribution in [1.29, 1.82) is 0 Å². The molecule has 1 aromatic heterocycles. The van der Waals surface area contributed by atoms with E-state index in [9.17, 15) is 4.79 Å². The first-order chi connectivity index (χ1) is 12.0. The molecule has 1 saturated carbocycles. The van der Waals surface area contributed by atoms with Gasteiger partial charge in [-0.15, -0.1) is 0 Å². The third-order valence-electron chi connectivity index (χ3n) is 6.00. The Hall–Kier alpha value is -1.40. The molecule has 6 heteroatoms. The molecule has 26 heavy (non-hydrogen) atoms. The van der Waals surface area contributed by atoms with Gasteiger partial charge in [0.1, 0.15) is 5.41 Å². The Morgan fingerprint density at radius 1 is 1.31 bits per heavy atom. The van der Waals surface area contributed by atoms with Gasteiger partial charge in [0.15, 0.2) is 8.32 Å². The maximum atomic E-state index is 12.8. The van der Waals surface area contributed by atoms with E-state index >= 15 is 0 Å². The van der Waals surface area contributed by atoms with E-state index in [1.165, 1.54) is 0 Å². The highest BCUT2D eigenvalue weighted by Crippen LogP contribution is 2.44. The maximum Gasteiger partial charge on any atom is 0.318 e. The molecule has 1 aromatic rings. The summed E-state index contributed by atoms with van der Waals surface area (Å²) in [6, 6.07) is 3.67. The van der Waals surface area contributed by atoms with Gasteiger partial charge in [0, 0.05) is 6.10 Å². The molecular weight excluding hydrogens is 344 g/mol. The van der Waals surface area contributed by atoms with E-state index in [-0.39, 0.29) is 17.1 Å². The standard InChI is InChI=1S/C20H34N2O3Si/c1-7-24-18(23)20(17-9-8-15(21)14-22-17)12-10-16(11-13-20)25-26(5,6)19(2,3)4/h8-9,14,16H,7,10-13,21H2,1-6H3/t16-,20-. The summed E-state index contributed by atoms with van der Waals surface area (Å²) in [5.41, 5.74) is 6.45. The van der Waals surface area contributed by atoms with Crippen molar-refractivity contribution in [3.05, 3.63) is 24.0 Å². The lowest BCUT2D eigenvalue weighted by atomic mass is 9.70. The molecule has 0 amide bonds. The first-order valence-electron chi connectivity index (χ1n) is 9.59. The minimum absolute atomic E-state index is 0.178. The zero-order valence-corrected chi connectivity index (χ0v) is 18.1. The van der Waals surface area contributed by atoms with E-state index in [1.807, 2.05) is 19.1 Å². The molecule has 2 rings (SSSR count). The summed E-state index contributed by atoms with van der Waals surface area (Å²) in [5, 5.41) is 0.182. The molecule has 146 valence electrons. The number of rotatable bonds is 5. The lowest BCUT2D eigenvalue weighted by Crippen LogP contribution is -2.48. The van der Waals surface area contributed by atoms with Crippen LogP contribution in [0.2, 0.25) is 18.1 Å². The summed E-state index contributed by atoms with van der Waals surface area (Å²) in [5.74, 6) is -0.178. The van der Waals surface area contributed by atoms with Gasteiger partial charge in [-0.05, 0) is 62.9 Å². The summed E-state index contributed by atoms with van der Waals surface area (Å²) in [7, 11) is -1.82. The number of aromatic nitrogens is 1. The molecule has 1 aliphatic rings. The predicted molar refractivity (Wildman–Crippen MR) is 107 cm³/mol. The number of pyridine rings is 1. The van der Waals surface area contributed by atoms with Crippen molar-refractivity contribution in [2.45, 2.75) is 83.0 Å². The molecule has 1 aliphatic carbocycles. The van der Waals surface area contributed by atoms with Crippen LogP contribution in [-0.2, 0) is 19.4 Å². The summed E-state index contributed by atoms with van der Waals surface area (Å²) in [4.78, 5) is 17.3. The number of hydrogen-bond donors (Lipinski definition) is 1. The number of carbonyl (C=O) groups is 1. The van der Waals surface area contributed by atoms with Crippen LogP contribution in [0.3, 0.4) is 0 Å². The van der Waals surface area contributed by atoms with Crippen molar-refractivity contribution in [3.63, 3.8) is 0 Å². The fourth-order valence-corrected chi connectivity index (χ4v) is 4.74. The number of esters is 1. The molecule has 1 heterocycles. The minimum Gasteiger partial charge on any atom is -0.465 e. The van der Waals surface area contributed by atoms with Crippen LogP contribution in [0.5, 0.6) is 0 Å². The Morgan fingerprint density at radius 2 is 1.92 bits per heavy atom. The second-order valence-corrected chi connectivity index (χ2v) is 13.6. The van der Waals surface area contributed by atoms with Gasteiger partial charge in [0.25, 0.3) is 0 Å². The second kappa shape index (κ2) is 7.68.